The van der Waals surface area contributed by atoms with Crippen molar-refractivity contribution >= 4 is 37.5 Å². The third-order valence-electron chi connectivity index (χ3n) is 5.82. The minimum absolute atomic E-state index is 0.127. The third kappa shape index (κ3) is 5.65. The van der Waals surface area contributed by atoms with Gasteiger partial charge in [-0.2, -0.15) is 9.30 Å². The summed E-state index contributed by atoms with van der Waals surface area (Å²) in [7, 11) is -2.16. The molecule has 0 aliphatic rings. The zero-order chi connectivity index (χ0) is 25.7. The molecule has 0 aliphatic heterocycles. The van der Waals surface area contributed by atoms with Crippen molar-refractivity contribution in [3.8, 4) is 0 Å². The monoisotopic (exact) mass is 523 g/mol. The van der Waals surface area contributed by atoms with Crippen LogP contribution in [0.3, 0.4) is 0 Å². The molecule has 0 aliphatic carbocycles. The number of aryl methyl sites for hydroxylation is 1. The molecule has 36 heavy (non-hydrogen) atoms. The lowest BCUT2D eigenvalue weighted by Crippen LogP contribution is -2.26. The highest BCUT2D eigenvalue weighted by Crippen LogP contribution is 2.22. The maximum absolute atomic E-state index is 13.0. The van der Waals surface area contributed by atoms with Gasteiger partial charge in [0, 0.05) is 32.3 Å². The number of hydrogen-bond acceptors (Lipinski definition) is 5. The predicted molar refractivity (Wildman–Crippen MR) is 142 cm³/mol. The smallest absolute Gasteiger partial charge is 0.279 e. The molecule has 0 unspecified atom stereocenters. The van der Waals surface area contributed by atoms with E-state index in [0.29, 0.717) is 30.1 Å². The maximum atomic E-state index is 13.0. The number of thiazole rings is 1. The minimum atomic E-state index is -3.70. The Morgan fingerprint density at radius 1 is 1.03 bits per heavy atom. The van der Waals surface area contributed by atoms with E-state index in [4.69, 9.17) is 4.74 Å². The number of amides is 1. The molecule has 0 fully saturated rings. The van der Waals surface area contributed by atoms with E-state index in [-0.39, 0.29) is 11.4 Å². The van der Waals surface area contributed by atoms with Gasteiger partial charge in [-0.1, -0.05) is 53.8 Å². The number of fused-ring (bicyclic) bond motifs is 1. The number of ether oxygens (including phenoxy) is 1. The van der Waals surface area contributed by atoms with E-state index in [1.807, 2.05) is 66.9 Å². The largest absolute Gasteiger partial charge is 0.380 e. The molecule has 9 heteroatoms. The fraction of sp³-hybridized carbons (Fsp3) is 0.259. The standard InChI is InChI=1S/C27H29N3O4S2/c1-4-34-18-17-30-25-20(2)9-8-12-24(25)35-27(30)28-26(31)22-13-15-23(16-14-22)36(32,33)29(3)19-21-10-6-5-7-11-21/h5-16H,4,17-19H2,1-3H3. The number of nitrogens with zero attached hydrogens (tertiary/aromatic N) is 3. The summed E-state index contributed by atoms with van der Waals surface area (Å²) in [6, 6.07) is 21.4. The molecular weight excluding hydrogens is 494 g/mol. The molecule has 3 aromatic carbocycles. The molecule has 4 rings (SSSR count). The Hall–Kier alpha value is -3.11. The van der Waals surface area contributed by atoms with Gasteiger partial charge in [0.2, 0.25) is 10.0 Å². The Morgan fingerprint density at radius 2 is 1.75 bits per heavy atom. The molecule has 0 bridgehead atoms. The lowest BCUT2D eigenvalue weighted by atomic mass is 10.2. The van der Waals surface area contributed by atoms with Crippen LogP contribution in [0.4, 0.5) is 0 Å². The summed E-state index contributed by atoms with van der Waals surface area (Å²) in [5, 5.41) is 0. The molecule has 0 saturated carbocycles. The average Bonchev–Trinajstić information content (AvgIpc) is 3.23. The van der Waals surface area contributed by atoms with Gasteiger partial charge < -0.3 is 9.30 Å². The number of carbonyl (C=O) groups is 1. The van der Waals surface area contributed by atoms with Crippen LogP contribution in [0.25, 0.3) is 10.2 Å². The van der Waals surface area contributed by atoms with Crippen LogP contribution in [0.1, 0.15) is 28.4 Å². The zero-order valence-corrected chi connectivity index (χ0v) is 22.2. The lowest BCUT2D eigenvalue weighted by molar-refractivity contribution is 0.0996. The number of rotatable bonds is 9. The quantitative estimate of drug-likeness (QED) is 0.300. The predicted octanol–water partition coefficient (Wildman–Crippen LogP) is 4.61. The van der Waals surface area contributed by atoms with Gasteiger partial charge in [0.15, 0.2) is 4.80 Å². The first-order chi connectivity index (χ1) is 17.3. The Balaban J connectivity index is 1.60. The van der Waals surface area contributed by atoms with E-state index in [2.05, 4.69) is 4.99 Å². The van der Waals surface area contributed by atoms with Crippen LogP contribution in [-0.2, 0) is 27.8 Å². The normalized spacial score (nSPS) is 12.5. The van der Waals surface area contributed by atoms with E-state index < -0.39 is 15.9 Å². The molecular formula is C27H29N3O4S2. The van der Waals surface area contributed by atoms with Gasteiger partial charge in [-0.05, 0) is 55.3 Å². The van der Waals surface area contributed by atoms with Crippen molar-refractivity contribution in [2.24, 2.45) is 4.99 Å². The molecule has 1 aromatic heterocycles. The molecule has 0 spiro atoms. The zero-order valence-electron chi connectivity index (χ0n) is 20.5. The molecule has 7 nitrogen and oxygen atoms in total. The van der Waals surface area contributed by atoms with Gasteiger partial charge in [0.05, 0.1) is 21.7 Å². The maximum Gasteiger partial charge on any atom is 0.279 e. The highest BCUT2D eigenvalue weighted by molar-refractivity contribution is 7.89. The first-order valence-electron chi connectivity index (χ1n) is 11.7. The van der Waals surface area contributed by atoms with Crippen molar-refractivity contribution in [2.75, 3.05) is 20.3 Å². The molecule has 0 atom stereocenters. The number of benzene rings is 3. The van der Waals surface area contributed by atoms with Gasteiger partial charge in [-0.3, -0.25) is 4.79 Å². The van der Waals surface area contributed by atoms with Crippen LogP contribution in [-0.4, -0.2) is 43.5 Å². The summed E-state index contributed by atoms with van der Waals surface area (Å²) in [4.78, 5) is 18.1. The van der Waals surface area contributed by atoms with Crippen LogP contribution < -0.4 is 4.80 Å². The number of aromatic nitrogens is 1. The average molecular weight is 524 g/mol. The van der Waals surface area contributed by atoms with Crippen molar-refractivity contribution in [1.82, 2.24) is 8.87 Å². The van der Waals surface area contributed by atoms with Crippen molar-refractivity contribution < 1.29 is 17.9 Å². The second-order valence-electron chi connectivity index (χ2n) is 8.34. The first-order valence-corrected chi connectivity index (χ1v) is 13.9. The van der Waals surface area contributed by atoms with Crippen LogP contribution >= 0.6 is 11.3 Å². The minimum Gasteiger partial charge on any atom is -0.380 e. The van der Waals surface area contributed by atoms with E-state index in [1.54, 1.807) is 7.05 Å². The highest BCUT2D eigenvalue weighted by atomic mass is 32.2. The fourth-order valence-corrected chi connectivity index (χ4v) is 6.22. The summed E-state index contributed by atoms with van der Waals surface area (Å²) in [6.07, 6.45) is 0. The third-order valence-corrected chi connectivity index (χ3v) is 8.68. The molecule has 1 amide bonds. The fourth-order valence-electron chi connectivity index (χ4n) is 3.93. The van der Waals surface area contributed by atoms with Gasteiger partial charge >= 0.3 is 0 Å². The summed E-state index contributed by atoms with van der Waals surface area (Å²) in [5.41, 5.74) is 3.36. The summed E-state index contributed by atoms with van der Waals surface area (Å²) < 4.78 is 35.9. The molecule has 0 radical (unpaired) electrons. The molecule has 4 aromatic rings. The SMILES string of the molecule is CCOCCn1c(=NC(=O)c2ccc(S(=O)(=O)N(C)Cc3ccccc3)cc2)sc2cccc(C)c21. The summed E-state index contributed by atoms with van der Waals surface area (Å²) >= 11 is 1.45. The van der Waals surface area contributed by atoms with Crippen molar-refractivity contribution in [1.29, 1.82) is 0 Å². The van der Waals surface area contributed by atoms with Crippen LogP contribution in [0.15, 0.2) is 82.7 Å². The van der Waals surface area contributed by atoms with Crippen LogP contribution in [0, 0.1) is 6.92 Å². The Morgan fingerprint density at radius 3 is 2.44 bits per heavy atom. The van der Waals surface area contributed by atoms with E-state index in [1.165, 1.54) is 39.9 Å². The Kier molecular flexibility index (Phi) is 8.15. The molecule has 1 heterocycles. The second-order valence-corrected chi connectivity index (χ2v) is 11.4. The van der Waals surface area contributed by atoms with Crippen molar-refractivity contribution in [3.63, 3.8) is 0 Å². The van der Waals surface area contributed by atoms with Gasteiger partial charge in [0.1, 0.15) is 0 Å². The van der Waals surface area contributed by atoms with E-state index >= 15 is 0 Å². The topological polar surface area (TPSA) is 81.0 Å². The first kappa shape index (κ1) is 26.0. The molecule has 0 N–H and O–H groups in total. The summed E-state index contributed by atoms with van der Waals surface area (Å²) in [5.74, 6) is -0.425. The van der Waals surface area contributed by atoms with E-state index in [9.17, 15) is 13.2 Å². The van der Waals surface area contributed by atoms with Gasteiger partial charge in [0.25, 0.3) is 5.91 Å². The number of hydrogen-bond donors (Lipinski definition) is 0. The Labute approximate surface area is 215 Å². The number of carbonyl (C=O) groups excluding carboxylic acids is 1. The molecule has 0 saturated heterocycles. The van der Waals surface area contributed by atoms with Gasteiger partial charge in [-0.25, -0.2) is 8.42 Å². The Bertz CT molecular complexity index is 1520. The van der Waals surface area contributed by atoms with Gasteiger partial charge in [-0.15, -0.1) is 0 Å². The van der Waals surface area contributed by atoms with Crippen molar-refractivity contribution in [2.45, 2.75) is 31.8 Å². The lowest BCUT2D eigenvalue weighted by Gasteiger charge is -2.17. The van der Waals surface area contributed by atoms with Crippen molar-refractivity contribution in [3.05, 3.63) is 94.3 Å². The van der Waals surface area contributed by atoms with Crippen LogP contribution in [0.5, 0.6) is 0 Å². The second kappa shape index (κ2) is 11.3. The molecule has 188 valence electrons. The number of para-hydroxylation sites is 1. The summed E-state index contributed by atoms with van der Waals surface area (Å²) in [6.45, 7) is 5.94. The van der Waals surface area contributed by atoms with E-state index in [0.717, 1.165) is 21.3 Å². The highest BCUT2D eigenvalue weighted by Gasteiger charge is 2.21. The van der Waals surface area contributed by atoms with Crippen LogP contribution in [0.2, 0.25) is 0 Å². The number of sulfonamides is 1.